The van der Waals surface area contributed by atoms with E-state index in [1.807, 2.05) is 6.92 Å². The van der Waals surface area contributed by atoms with Crippen LogP contribution in [-0.4, -0.2) is 45.1 Å². The molecule has 0 radical (unpaired) electrons. The molecule has 2 heterocycles. The number of nitrogens with zero attached hydrogens (tertiary/aromatic N) is 3. The van der Waals surface area contributed by atoms with E-state index >= 15 is 0 Å². The van der Waals surface area contributed by atoms with E-state index in [0.29, 0.717) is 19.6 Å². The van der Waals surface area contributed by atoms with Crippen LogP contribution < -0.4 is 10.9 Å². The predicted octanol–water partition coefficient (Wildman–Crippen LogP) is 0.00390. The van der Waals surface area contributed by atoms with Crippen molar-refractivity contribution in [2.45, 2.75) is 39.3 Å². The first-order valence-corrected chi connectivity index (χ1v) is 7.06. The molecule has 1 fully saturated rings. The van der Waals surface area contributed by atoms with Crippen LogP contribution in [0.4, 0.5) is 0 Å². The summed E-state index contributed by atoms with van der Waals surface area (Å²) in [5.41, 5.74) is -0.974. The van der Waals surface area contributed by atoms with E-state index in [1.54, 1.807) is 13.8 Å². The second-order valence-electron chi connectivity index (χ2n) is 5.55. The van der Waals surface area contributed by atoms with Gasteiger partial charge in [-0.1, -0.05) is 6.92 Å². The molecule has 0 unspecified atom stereocenters. The standard InChI is InChI=1S/C14H20N4O3/c1-4-8-18-11(19)6-5-10(16-18)12(20)17-9-7-15-13(21)14(17,2)3/h5-6H,4,7-9H2,1-3H3,(H,15,21). The zero-order valence-electron chi connectivity index (χ0n) is 12.5. The first-order chi connectivity index (χ1) is 9.87. The fourth-order valence-corrected chi connectivity index (χ4v) is 2.33. The molecule has 0 atom stereocenters. The normalized spacial score (nSPS) is 17.5. The molecule has 1 saturated heterocycles. The number of aryl methyl sites for hydroxylation is 1. The van der Waals surface area contributed by atoms with Crippen molar-refractivity contribution in [2.75, 3.05) is 13.1 Å². The minimum absolute atomic E-state index is 0.186. The highest BCUT2D eigenvalue weighted by molar-refractivity contribution is 5.98. The molecule has 1 aliphatic heterocycles. The zero-order chi connectivity index (χ0) is 15.6. The molecular formula is C14H20N4O3. The third kappa shape index (κ3) is 2.81. The lowest BCUT2D eigenvalue weighted by Crippen LogP contribution is -2.63. The highest BCUT2D eigenvalue weighted by Gasteiger charge is 2.41. The topological polar surface area (TPSA) is 84.3 Å². The number of hydrogen-bond donors (Lipinski definition) is 1. The summed E-state index contributed by atoms with van der Waals surface area (Å²) in [6, 6.07) is 2.76. The van der Waals surface area contributed by atoms with Crippen molar-refractivity contribution in [3.05, 3.63) is 28.2 Å². The number of nitrogens with one attached hydrogen (secondary N) is 1. The highest BCUT2D eigenvalue weighted by Crippen LogP contribution is 2.19. The minimum Gasteiger partial charge on any atom is -0.352 e. The van der Waals surface area contributed by atoms with Gasteiger partial charge < -0.3 is 10.2 Å². The Balaban J connectivity index is 2.33. The van der Waals surface area contributed by atoms with Gasteiger partial charge in [0.2, 0.25) is 5.91 Å². The summed E-state index contributed by atoms with van der Waals surface area (Å²) in [5.74, 6) is -0.524. The molecule has 7 heteroatoms. The Morgan fingerprint density at radius 2 is 2.10 bits per heavy atom. The smallest absolute Gasteiger partial charge is 0.275 e. The molecule has 2 rings (SSSR count). The van der Waals surface area contributed by atoms with Crippen LogP contribution in [0.15, 0.2) is 16.9 Å². The maximum Gasteiger partial charge on any atom is 0.275 e. The van der Waals surface area contributed by atoms with E-state index in [0.717, 1.165) is 6.42 Å². The quantitative estimate of drug-likeness (QED) is 0.850. The van der Waals surface area contributed by atoms with Crippen molar-refractivity contribution in [1.29, 1.82) is 0 Å². The van der Waals surface area contributed by atoms with Crippen LogP contribution in [-0.2, 0) is 11.3 Å². The summed E-state index contributed by atoms with van der Waals surface area (Å²) < 4.78 is 1.28. The molecule has 1 aromatic heterocycles. The van der Waals surface area contributed by atoms with Gasteiger partial charge in [0.1, 0.15) is 11.2 Å². The molecule has 0 aromatic carbocycles. The number of amides is 2. The summed E-state index contributed by atoms with van der Waals surface area (Å²) >= 11 is 0. The third-order valence-electron chi connectivity index (χ3n) is 3.62. The summed E-state index contributed by atoms with van der Waals surface area (Å²) in [5, 5.41) is 6.85. The van der Waals surface area contributed by atoms with Crippen molar-refractivity contribution in [3.8, 4) is 0 Å². The molecule has 0 bridgehead atoms. The number of piperazine rings is 1. The molecular weight excluding hydrogens is 272 g/mol. The third-order valence-corrected chi connectivity index (χ3v) is 3.62. The van der Waals surface area contributed by atoms with Gasteiger partial charge in [0.15, 0.2) is 0 Å². The Hall–Kier alpha value is -2.18. The van der Waals surface area contributed by atoms with E-state index in [1.165, 1.54) is 21.7 Å². The van der Waals surface area contributed by atoms with Crippen molar-refractivity contribution < 1.29 is 9.59 Å². The van der Waals surface area contributed by atoms with E-state index < -0.39 is 5.54 Å². The van der Waals surface area contributed by atoms with E-state index in [-0.39, 0.29) is 23.1 Å². The van der Waals surface area contributed by atoms with E-state index in [4.69, 9.17) is 0 Å². The average Bonchev–Trinajstić information content (AvgIpc) is 2.44. The van der Waals surface area contributed by atoms with Gasteiger partial charge in [-0.25, -0.2) is 4.68 Å². The SMILES string of the molecule is CCCn1nc(C(=O)N2CCNC(=O)C2(C)C)ccc1=O. The Kier molecular flexibility index (Phi) is 4.11. The van der Waals surface area contributed by atoms with E-state index in [2.05, 4.69) is 10.4 Å². The summed E-state index contributed by atoms with van der Waals surface area (Å²) in [6.45, 7) is 6.63. The van der Waals surface area contributed by atoms with Gasteiger partial charge in [-0.3, -0.25) is 14.4 Å². The van der Waals surface area contributed by atoms with Crippen molar-refractivity contribution >= 4 is 11.8 Å². The maximum atomic E-state index is 12.6. The van der Waals surface area contributed by atoms with Gasteiger partial charge in [-0.05, 0) is 26.3 Å². The second kappa shape index (κ2) is 5.67. The fraction of sp³-hybridized carbons (Fsp3) is 0.571. The van der Waals surface area contributed by atoms with Crippen LogP contribution in [0.25, 0.3) is 0 Å². The molecule has 7 nitrogen and oxygen atoms in total. The Bertz CT molecular complexity index is 621. The Labute approximate surface area is 122 Å². The lowest BCUT2D eigenvalue weighted by molar-refractivity contribution is -0.133. The van der Waals surface area contributed by atoms with Crippen molar-refractivity contribution in [2.24, 2.45) is 0 Å². The largest absolute Gasteiger partial charge is 0.352 e. The van der Waals surface area contributed by atoms with Gasteiger partial charge in [-0.2, -0.15) is 5.10 Å². The van der Waals surface area contributed by atoms with Crippen LogP contribution in [0.2, 0.25) is 0 Å². The van der Waals surface area contributed by atoms with Crippen LogP contribution in [0.5, 0.6) is 0 Å². The summed E-state index contributed by atoms with van der Waals surface area (Å²) in [6.07, 6.45) is 0.752. The number of carbonyl (C=O) groups is 2. The van der Waals surface area contributed by atoms with Gasteiger partial charge >= 0.3 is 0 Å². The molecule has 1 aliphatic rings. The Morgan fingerprint density at radius 3 is 2.76 bits per heavy atom. The first kappa shape index (κ1) is 15.2. The van der Waals surface area contributed by atoms with E-state index in [9.17, 15) is 14.4 Å². The van der Waals surface area contributed by atoms with Crippen LogP contribution in [0, 0.1) is 0 Å². The number of carbonyl (C=O) groups excluding carboxylic acids is 2. The summed E-state index contributed by atoms with van der Waals surface area (Å²) in [4.78, 5) is 37.6. The fourth-order valence-electron chi connectivity index (χ4n) is 2.33. The molecule has 0 aliphatic carbocycles. The van der Waals surface area contributed by atoms with Gasteiger partial charge in [0, 0.05) is 25.7 Å². The monoisotopic (exact) mass is 292 g/mol. The van der Waals surface area contributed by atoms with Crippen LogP contribution in [0.3, 0.4) is 0 Å². The van der Waals surface area contributed by atoms with Gasteiger partial charge in [-0.15, -0.1) is 0 Å². The number of rotatable bonds is 3. The number of hydrogen-bond acceptors (Lipinski definition) is 4. The Morgan fingerprint density at radius 1 is 1.38 bits per heavy atom. The van der Waals surface area contributed by atoms with Crippen LogP contribution >= 0.6 is 0 Å². The second-order valence-corrected chi connectivity index (χ2v) is 5.55. The van der Waals surface area contributed by atoms with Crippen molar-refractivity contribution in [3.63, 3.8) is 0 Å². The minimum atomic E-state index is -0.928. The van der Waals surface area contributed by atoms with Crippen LogP contribution in [0.1, 0.15) is 37.7 Å². The first-order valence-electron chi connectivity index (χ1n) is 7.06. The molecule has 1 N–H and O–H groups in total. The average molecular weight is 292 g/mol. The lowest BCUT2D eigenvalue weighted by Gasteiger charge is -2.40. The summed E-state index contributed by atoms with van der Waals surface area (Å²) in [7, 11) is 0. The number of aromatic nitrogens is 2. The molecule has 2 amide bonds. The molecule has 0 spiro atoms. The van der Waals surface area contributed by atoms with Gasteiger partial charge in [0.05, 0.1) is 0 Å². The lowest BCUT2D eigenvalue weighted by atomic mass is 9.98. The molecule has 0 saturated carbocycles. The molecule has 1 aromatic rings. The van der Waals surface area contributed by atoms with Gasteiger partial charge in [0.25, 0.3) is 11.5 Å². The highest BCUT2D eigenvalue weighted by atomic mass is 16.2. The molecule has 114 valence electrons. The zero-order valence-corrected chi connectivity index (χ0v) is 12.5. The molecule has 21 heavy (non-hydrogen) atoms. The predicted molar refractivity (Wildman–Crippen MR) is 76.9 cm³/mol. The van der Waals surface area contributed by atoms with Crippen molar-refractivity contribution in [1.82, 2.24) is 20.0 Å². The maximum absolute atomic E-state index is 12.6.